The van der Waals surface area contributed by atoms with Gasteiger partial charge in [-0.3, -0.25) is 4.68 Å². The largest absolute Gasteiger partial charge is 0.381 e. The van der Waals surface area contributed by atoms with Crippen LogP contribution in [0.15, 0.2) is 6.33 Å². The van der Waals surface area contributed by atoms with Gasteiger partial charge in [0.2, 0.25) is 0 Å². The van der Waals surface area contributed by atoms with Gasteiger partial charge in [-0.1, -0.05) is 0 Å². The Hall–Kier alpha value is -0.940. The van der Waals surface area contributed by atoms with Gasteiger partial charge in [-0.25, -0.2) is 4.98 Å². The minimum atomic E-state index is 0.665. The summed E-state index contributed by atoms with van der Waals surface area (Å²) < 4.78 is 7.01. The topological polar surface area (TPSA) is 52.0 Å². The van der Waals surface area contributed by atoms with E-state index in [1.165, 1.54) is 6.42 Å². The Kier molecular flexibility index (Phi) is 3.10. The van der Waals surface area contributed by atoms with E-state index in [2.05, 4.69) is 15.4 Å². The van der Waals surface area contributed by atoms with Crippen LogP contribution in [0.2, 0.25) is 0 Å². The molecular formula is C9H16N4O. The van der Waals surface area contributed by atoms with Crippen LogP contribution in [0.5, 0.6) is 0 Å². The molecule has 1 fully saturated rings. The molecular weight excluding hydrogens is 180 g/mol. The van der Waals surface area contributed by atoms with Crippen LogP contribution in [-0.4, -0.2) is 34.5 Å². The molecule has 14 heavy (non-hydrogen) atoms. The molecule has 1 N–H and O–H groups in total. The van der Waals surface area contributed by atoms with Crippen LogP contribution in [0.25, 0.3) is 0 Å². The molecule has 1 saturated heterocycles. The van der Waals surface area contributed by atoms with Gasteiger partial charge in [0.25, 0.3) is 0 Å². The van der Waals surface area contributed by atoms with Crippen LogP contribution >= 0.6 is 0 Å². The fraction of sp³-hybridized carbons (Fsp3) is 0.778. The number of ether oxygens (including phenoxy) is 1. The highest BCUT2D eigenvalue weighted by molar-refractivity contribution is 4.80. The molecule has 1 unspecified atom stereocenters. The average molecular weight is 196 g/mol. The maximum Gasteiger partial charge on any atom is 0.164 e. The van der Waals surface area contributed by atoms with Gasteiger partial charge in [0.05, 0.1) is 13.2 Å². The van der Waals surface area contributed by atoms with Gasteiger partial charge in [0.1, 0.15) is 6.33 Å². The van der Waals surface area contributed by atoms with Crippen LogP contribution in [0.1, 0.15) is 12.2 Å². The van der Waals surface area contributed by atoms with E-state index in [9.17, 15) is 0 Å². The lowest BCUT2D eigenvalue weighted by Crippen LogP contribution is -2.23. The molecule has 0 amide bonds. The van der Waals surface area contributed by atoms with Crippen molar-refractivity contribution >= 4 is 0 Å². The molecule has 0 aromatic carbocycles. The van der Waals surface area contributed by atoms with E-state index in [-0.39, 0.29) is 0 Å². The zero-order valence-corrected chi connectivity index (χ0v) is 8.44. The van der Waals surface area contributed by atoms with Gasteiger partial charge in [-0.05, 0) is 12.3 Å². The predicted octanol–water partition coefficient (Wildman–Crippen LogP) is -0.0588. The molecule has 0 spiro atoms. The van der Waals surface area contributed by atoms with E-state index in [1.54, 1.807) is 11.0 Å². The molecule has 2 rings (SSSR count). The van der Waals surface area contributed by atoms with E-state index in [0.29, 0.717) is 5.92 Å². The number of rotatable bonds is 4. The molecule has 1 atom stereocenters. The second kappa shape index (κ2) is 4.52. The molecule has 1 aliphatic rings. The molecule has 0 bridgehead atoms. The fourth-order valence-corrected chi connectivity index (χ4v) is 1.60. The van der Waals surface area contributed by atoms with Crippen molar-refractivity contribution in [3.05, 3.63) is 12.2 Å². The Morgan fingerprint density at radius 2 is 2.64 bits per heavy atom. The minimum absolute atomic E-state index is 0.665. The smallest absolute Gasteiger partial charge is 0.164 e. The van der Waals surface area contributed by atoms with E-state index in [1.807, 2.05) is 7.05 Å². The zero-order chi connectivity index (χ0) is 9.80. The standard InChI is InChI=1S/C9H16N4O/c1-13-7-11-9(12-13)5-10-4-8-2-3-14-6-8/h7-8,10H,2-6H2,1H3. The first-order valence-electron chi connectivity index (χ1n) is 4.97. The monoisotopic (exact) mass is 196 g/mol. The van der Waals surface area contributed by atoms with E-state index in [4.69, 9.17) is 4.74 Å². The van der Waals surface area contributed by atoms with Gasteiger partial charge in [0, 0.05) is 20.2 Å². The number of hydrogen-bond donors (Lipinski definition) is 1. The lowest BCUT2D eigenvalue weighted by atomic mass is 10.1. The third-order valence-electron chi connectivity index (χ3n) is 2.39. The lowest BCUT2D eigenvalue weighted by Gasteiger charge is -2.06. The van der Waals surface area contributed by atoms with Crippen molar-refractivity contribution in [1.29, 1.82) is 0 Å². The van der Waals surface area contributed by atoms with Gasteiger partial charge >= 0.3 is 0 Å². The first kappa shape index (κ1) is 9.61. The van der Waals surface area contributed by atoms with E-state index >= 15 is 0 Å². The minimum Gasteiger partial charge on any atom is -0.381 e. The SMILES string of the molecule is Cn1cnc(CNCC2CCOC2)n1. The van der Waals surface area contributed by atoms with Crippen LogP contribution in [0.3, 0.4) is 0 Å². The molecule has 1 aromatic heterocycles. The highest BCUT2D eigenvalue weighted by Gasteiger charge is 2.14. The summed E-state index contributed by atoms with van der Waals surface area (Å²) in [6, 6.07) is 0. The van der Waals surface area contributed by atoms with E-state index in [0.717, 1.165) is 32.1 Å². The maximum absolute atomic E-state index is 5.29. The van der Waals surface area contributed by atoms with Gasteiger partial charge in [-0.15, -0.1) is 0 Å². The van der Waals surface area contributed by atoms with E-state index < -0.39 is 0 Å². The number of aryl methyl sites for hydroxylation is 1. The van der Waals surface area contributed by atoms with Crippen LogP contribution in [0, 0.1) is 5.92 Å². The summed E-state index contributed by atoms with van der Waals surface area (Å²) in [7, 11) is 1.88. The number of hydrogen-bond acceptors (Lipinski definition) is 4. The van der Waals surface area contributed by atoms with Crippen molar-refractivity contribution < 1.29 is 4.74 Å². The summed E-state index contributed by atoms with van der Waals surface area (Å²) >= 11 is 0. The molecule has 0 saturated carbocycles. The Balaban J connectivity index is 1.67. The molecule has 5 heteroatoms. The molecule has 5 nitrogen and oxygen atoms in total. The molecule has 0 aliphatic carbocycles. The Morgan fingerprint density at radius 3 is 3.29 bits per heavy atom. The van der Waals surface area contributed by atoms with Crippen LogP contribution in [-0.2, 0) is 18.3 Å². The first-order chi connectivity index (χ1) is 6.84. The van der Waals surface area contributed by atoms with Gasteiger partial charge in [0.15, 0.2) is 5.82 Å². The highest BCUT2D eigenvalue weighted by atomic mass is 16.5. The second-order valence-corrected chi connectivity index (χ2v) is 3.69. The summed E-state index contributed by atoms with van der Waals surface area (Å²) in [6.07, 6.45) is 2.89. The van der Waals surface area contributed by atoms with Crippen molar-refractivity contribution in [1.82, 2.24) is 20.1 Å². The second-order valence-electron chi connectivity index (χ2n) is 3.69. The molecule has 78 valence electrons. The summed E-state index contributed by atoms with van der Waals surface area (Å²) in [5.74, 6) is 1.52. The molecule has 1 aromatic rings. The number of nitrogens with zero attached hydrogens (tertiary/aromatic N) is 3. The van der Waals surface area contributed by atoms with Crippen molar-refractivity contribution in [2.24, 2.45) is 13.0 Å². The van der Waals surface area contributed by atoms with Crippen molar-refractivity contribution in [3.8, 4) is 0 Å². The molecule has 2 heterocycles. The highest BCUT2D eigenvalue weighted by Crippen LogP contribution is 2.10. The van der Waals surface area contributed by atoms with Gasteiger partial charge in [-0.2, -0.15) is 5.10 Å². The quantitative estimate of drug-likeness (QED) is 0.733. The van der Waals surface area contributed by atoms with Crippen molar-refractivity contribution in [3.63, 3.8) is 0 Å². The maximum atomic E-state index is 5.29. The van der Waals surface area contributed by atoms with Crippen LogP contribution < -0.4 is 5.32 Å². The Labute approximate surface area is 83.5 Å². The Morgan fingerprint density at radius 1 is 1.71 bits per heavy atom. The normalized spacial score (nSPS) is 21.6. The summed E-state index contributed by atoms with van der Waals surface area (Å²) in [5.41, 5.74) is 0. The summed E-state index contributed by atoms with van der Waals surface area (Å²) in [5, 5.41) is 7.53. The lowest BCUT2D eigenvalue weighted by molar-refractivity contribution is 0.185. The summed E-state index contributed by atoms with van der Waals surface area (Å²) in [4.78, 5) is 4.14. The Bertz CT molecular complexity index is 280. The third kappa shape index (κ3) is 2.52. The molecule has 1 aliphatic heterocycles. The molecule has 0 radical (unpaired) electrons. The summed E-state index contributed by atoms with van der Waals surface area (Å²) in [6.45, 7) is 3.55. The number of aromatic nitrogens is 3. The number of nitrogens with one attached hydrogen (secondary N) is 1. The third-order valence-corrected chi connectivity index (χ3v) is 2.39. The van der Waals surface area contributed by atoms with Gasteiger partial charge < -0.3 is 10.1 Å². The van der Waals surface area contributed by atoms with Crippen molar-refractivity contribution in [2.75, 3.05) is 19.8 Å². The fourth-order valence-electron chi connectivity index (χ4n) is 1.60. The zero-order valence-electron chi connectivity index (χ0n) is 8.44. The average Bonchev–Trinajstić information content (AvgIpc) is 2.77. The first-order valence-corrected chi connectivity index (χ1v) is 4.97. The van der Waals surface area contributed by atoms with Crippen molar-refractivity contribution in [2.45, 2.75) is 13.0 Å². The van der Waals surface area contributed by atoms with Crippen LogP contribution in [0.4, 0.5) is 0 Å². The predicted molar refractivity (Wildman–Crippen MR) is 51.6 cm³/mol.